The van der Waals surface area contributed by atoms with Crippen molar-refractivity contribution in [3.63, 3.8) is 0 Å². The van der Waals surface area contributed by atoms with Gasteiger partial charge in [0.15, 0.2) is 12.4 Å². The Hall–Kier alpha value is -2.60. The van der Waals surface area contributed by atoms with Crippen molar-refractivity contribution in [3.05, 3.63) is 71.3 Å². The van der Waals surface area contributed by atoms with Crippen LogP contribution in [0.1, 0.15) is 54.1 Å². The minimum atomic E-state index is -0.665. The normalized spacial score (nSPS) is 23.0. The van der Waals surface area contributed by atoms with Crippen molar-refractivity contribution in [2.75, 3.05) is 12.4 Å². The molecule has 0 aromatic heterocycles. The minimum absolute atomic E-state index is 0.0404. The first-order chi connectivity index (χ1) is 14.4. The molecular formula is C24H25NO4S. The summed E-state index contributed by atoms with van der Waals surface area (Å²) in [5, 5.41) is 0. The maximum absolute atomic E-state index is 12.8. The second kappa shape index (κ2) is 8.26. The molecule has 2 heterocycles. The van der Waals surface area contributed by atoms with Gasteiger partial charge in [0.2, 0.25) is 5.91 Å². The molecule has 2 saturated heterocycles. The summed E-state index contributed by atoms with van der Waals surface area (Å²) in [6.07, 6.45) is 1.08. The lowest BCUT2D eigenvalue weighted by Crippen LogP contribution is -2.47. The van der Waals surface area contributed by atoms with E-state index in [4.69, 9.17) is 4.74 Å². The highest BCUT2D eigenvalue weighted by atomic mass is 32.2. The molecule has 0 bridgehead atoms. The second-order valence-electron chi connectivity index (χ2n) is 8.05. The van der Waals surface area contributed by atoms with Crippen LogP contribution in [0, 0.1) is 0 Å². The van der Waals surface area contributed by atoms with Gasteiger partial charge in [-0.2, -0.15) is 0 Å². The number of hydrogen-bond donors (Lipinski definition) is 0. The van der Waals surface area contributed by atoms with E-state index in [1.54, 1.807) is 28.8 Å². The van der Waals surface area contributed by atoms with Gasteiger partial charge in [0.25, 0.3) is 0 Å². The van der Waals surface area contributed by atoms with Crippen LogP contribution in [0.3, 0.4) is 0 Å². The quantitative estimate of drug-likeness (QED) is 0.516. The van der Waals surface area contributed by atoms with Crippen molar-refractivity contribution in [2.24, 2.45) is 0 Å². The number of esters is 1. The summed E-state index contributed by atoms with van der Waals surface area (Å²) in [4.78, 5) is 39.1. The van der Waals surface area contributed by atoms with Gasteiger partial charge in [-0.25, -0.2) is 4.79 Å². The van der Waals surface area contributed by atoms with E-state index in [-0.39, 0.29) is 18.3 Å². The molecule has 4 rings (SSSR count). The van der Waals surface area contributed by atoms with Crippen LogP contribution < -0.4 is 0 Å². The van der Waals surface area contributed by atoms with Crippen LogP contribution in [-0.4, -0.2) is 41.0 Å². The first kappa shape index (κ1) is 20.7. The third-order valence-corrected chi connectivity index (χ3v) is 7.47. The van der Waals surface area contributed by atoms with E-state index in [0.29, 0.717) is 30.1 Å². The molecule has 0 spiro atoms. The Kier molecular flexibility index (Phi) is 5.69. The topological polar surface area (TPSA) is 63.7 Å². The zero-order valence-electron chi connectivity index (χ0n) is 17.2. The molecule has 2 aliphatic heterocycles. The average molecular weight is 424 g/mol. The highest BCUT2D eigenvalue weighted by Crippen LogP contribution is 2.54. The number of fused-ring (bicyclic) bond motifs is 1. The Labute approximate surface area is 180 Å². The molecule has 30 heavy (non-hydrogen) atoms. The molecule has 1 amide bonds. The van der Waals surface area contributed by atoms with Crippen molar-refractivity contribution in [1.82, 2.24) is 4.90 Å². The molecule has 2 atom stereocenters. The van der Waals surface area contributed by atoms with Crippen LogP contribution in [-0.2, 0) is 19.2 Å². The first-order valence-electron chi connectivity index (χ1n) is 10.2. The van der Waals surface area contributed by atoms with Gasteiger partial charge in [0, 0.05) is 17.7 Å². The molecule has 0 radical (unpaired) electrons. The van der Waals surface area contributed by atoms with E-state index in [1.165, 1.54) is 0 Å². The number of ether oxygens (including phenoxy) is 1. The molecule has 0 aliphatic carbocycles. The number of nitrogens with zero attached hydrogens (tertiary/aromatic N) is 1. The summed E-state index contributed by atoms with van der Waals surface area (Å²) in [7, 11) is 0. The average Bonchev–Trinajstić information content (AvgIpc) is 3.32. The number of thioether (sulfide) groups is 1. The summed E-state index contributed by atoms with van der Waals surface area (Å²) in [6.45, 7) is 3.86. The van der Waals surface area contributed by atoms with Gasteiger partial charge in [-0.1, -0.05) is 68.4 Å². The van der Waals surface area contributed by atoms with Crippen molar-refractivity contribution >= 4 is 29.4 Å². The fraction of sp³-hybridized carbons (Fsp3) is 0.375. The highest BCUT2D eigenvalue weighted by molar-refractivity contribution is 8.00. The van der Waals surface area contributed by atoms with Crippen molar-refractivity contribution in [1.29, 1.82) is 0 Å². The number of rotatable bonds is 6. The zero-order valence-corrected chi connectivity index (χ0v) is 18.0. The van der Waals surface area contributed by atoms with Crippen molar-refractivity contribution < 1.29 is 19.1 Å². The van der Waals surface area contributed by atoms with E-state index < -0.39 is 16.9 Å². The maximum Gasteiger partial charge on any atom is 0.330 e. The molecule has 0 unspecified atom stereocenters. The molecule has 2 fully saturated rings. The second-order valence-corrected chi connectivity index (χ2v) is 9.35. The number of ketones is 1. The van der Waals surface area contributed by atoms with Gasteiger partial charge in [-0.15, -0.1) is 11.8 Å². The van der Waals surface area contributed by atoms with Crippen LogP contribution in [0.2, 0.25) is 0 Å². The lowest BCUT2D eigenvalue weighted by atomic mass is 10.0. The zero-order chi connectivity index (χ0) is 21.3. The third-order valence-electron chi connectivity index (χ3n) is 5.87. The standard InChI is InChI=1S/C24H25NO4S/c1-16(2)17-8-10-18(11-9-17)21(26)14-29-23(28)20-15-30-24(13-12-22(27)25(20)24)19-6-4-3-5-7-19/h3-11,16,20H,12-15H2,1-2H3/t20-,24+/m0/s1. The number of amides is 1. The van der Waals surface area contributed by atoms with Crippen LogP contribution in [0.5, 0.6) is 0 Å². The maximum atomic E-state index is 12.8. The van der Waals surface area contributed by atoms with Crippen molar-refractivity contribution in [3.8, 4) is 0 Å². The number of Topliss-reactive ketones (excluding diaryl/α,β-unsaturated/α-hetero) is 1. The highest BCUT2D eigenvalue weighted by Gasteiger charge is 2.57. The third kappa shape index (κ3) is 3.65. The van der Waals surface area contributed by atoms with Crippen LogP contribution in [0.25, 0.3) is 0 Å². The van der Waals surface area contributed by atoms with Crippen molar-refractivity contribution in [2.45, 2.75) is 43.5 Å². The smallest absolute Gasteiger partial charge is 0.330 e. The predicted molar refractivity (Wildman–Crippen MR) is 116 cm³/mol. The molecule has 6 heteroatoms. The monoisotopic (exact) mass is 423 g/mol. The predicted octanol–water partition coefficient (Wildman–Crippen LogP) is 4.13. The number of carbonyl (C=O) groups excluding carboxylic acids is 3. The molecule has 0 saturated carbocycles. The summed E-state index contributed by atoms with van der Waals surface area (Å²) in [6, 6.07) is 16.5. The number of hydrogen-bond acceptors (Lipinski definition) is 5. The van der Waals surface area contributed by atoms with E-state index in [2.05, 4.69) is 13.8 Å². The molecule has 156 valence electrons. The lowest BCUT2D eigenvalue weighted by molar-refractivity contribution is -0.152. The summed E-state index contributed by atoms with van der Waals surface area (Å²) < 4.78 is 5.36. The summed E-state index contributed by atoms with van der Waals surface area (Å²) in [5.41, 5.74) is 2.69. The molecule has 2 aliphatic rings. The van der Waals surface area contributed by atoms with Crippen LogP contribution >= 0.6 is 11.8 Å². The summed E-state index contributed by atoms with van der Waals surface area (Å²) >= 11 is 1.61. The number of carbonyl (C=O) groups is 3. The Bertz CT molecular complexity index is 957. The van der Waals surface area contributed by atoms with Crippen LogP contribution in [0.4, 0.5) is 0 Å². The Morgan fingerprint density at radius 2 is 1.83 bits per heavy atom. The van der Waals surface area contributed by atoms with Gasteiger partial charge >= 0.3 is 5.97 Å². The van der Waals surface area contributed by atoms with Gasteiger partial charge in [0.1, 0.15) is 10.9 Å². The largest absolute Gasteiger partial charge is 0.456 e. The van der Waals surface area contributed by atoms with E-state index in [9.17, 15) is 14.4 Å². The van der Waals surface area contributed by atoms with E-state index >= 15 is 0 Å². The van der Waals surface area contributed by atoms with Gasteiger partial charge < -0.3 is 9.64 Å². The van der Waals surface area contributed by atoms with Gasteiger partial charge in [0.05, 0.1) is 0 Å². The number of benzene rings is 2. The lowest BCUT2D eigenvalue weighted by Gasteiger charge is -2.33. The molecule has 0 N–H and O–H groups in total. The first-order valence-corrected chi connectivity index (χ1v) is 11.2. The molecule has 5 nitrogen and oxygen atoms in total. The fourth-order valence-corrected chi connectivity index (χ4v) is 5.82. The molecular weight excluding hydrogens is 398 g/mol. The Morgan fingerprint density at radius 1 is 1.13 bits per heavy atom. The van der Waals surface area contributed by atoms with Crippen LogP contribution in [0.15, 0.2) is 54.6 Å². The van der Waals surface area contributed by atoms with Gasteiger partial charge in [-0.3, -0.25) is 9.59 Å². The minimum Gasteiger partial charge on any atom is -0.456 e. The SMILES string of the molecule is CC(C)c1ccc(C(=O)COC(=O)[C@@H]2CS[C@@]3(c4ccccc4)CCC(=O)N23)cc1. The van der Waals surface area contributed by atoms with E-state index in [0.717, 1.165) is 11.1 Å². The van der Waals surface area contributed by atoms with Gasteiger partial charge in [-0.05, 0) is 23.5 Å². The molecule has 2 aromatic rings. The Morgan fingerprint density at radius 3 is 2.50 bits per heavy atom. The Balaban J connectivity index is 1.44. The fourth-order valence-electron chi connectivity index (χ4n) is 4.19. The summed E-state index contributed by atoms with van der Waals surface area (Å²) in [5.74, 6) is 0.0572. The van der Waals surface area contributed by atoms with E-state index in [1.807, 2.05) is 42.5 Å². The molecule has 2 aromatic carbocycles.